The molecule has 0 atom stereocenters. The average molecular weight is 236 g/mol. The van der Waals surface area contributed by atoms with Crippen molar-refractivity contribution in [2.75, 3.05) is 0 Å². The largest absolute Gasteiger partial charge is 0.263 e. The molecule has 0 radical (unpaired) electrons. The first kappa shape index (κ1) is 11.1. The Kier molecular flexibility index (Phi) is 3.25. The lowest BCUT2D eigenvalue weighted by Crippen LogP contribution is -1.85. The van der Waals surface area contributed by atoms with Crippen LogP contribution in [-0.4, -0.2) is 15.2 Å². The fourth-order valence-electron chi connectivity index (χ4n) is 1.50. The van der Waals surface area contributed by atoms with Gasteiger partial charge in [0.25, 0.3) is 0 Å². The normalized spacial score (nSPS) is 10.7. The molecule has 0 amide bonds. The number of hydrogen-bond donors (Lipinski definition) is 1. The summed E-state index contributed by atoms with van der Waals surface area (Å²) >= 11 is 6.07. The lowest BCUT2D eigenvalue weighted by atomic mass is 10.1. The highest BCUT2D eigenvalue weighted by Crippen LogP contribution is 2.22. The predicted molar refractivity (Wildman–Crippen MR) is 65.6 cm³/mol. The maximum absolute atomic E-state index is 6.07. The van der Waals surface area contributed by atoms with E-state index in [9.17, 15) is 0 Å². The molecule has 0 aliphatic rings. The Balaban J connectivity index is 2.31. The Morgan fingerprint density at radius 1 is 1.38 bits per heavy atom. The summed E-state index contributed by atoms with van der Waals surface area (Å²) in [6, 6.07) is 5.86. The fraction of sp³-hybridized carbons (Fsp3) is 0.333. The molecule has 0 unspecified atom stereocenters. The summed E-state index contributed by atoms with van der Waals surface area (Å²) in [6.07, 6.45) is 1.98. The zero-order valence-corrected chi connectivity index (χ0v) is 10.2. The Labute approximate surface area is 99.9 Å². The Hall–Kier alpha value is -1.35. The van der Waals surface area contributed by atoms with Gasteiger partial charge in [-0.15, -0.1) is 0 Å². The third kappa shape index (κ3) is 2.25. The van der Waals surface area contributed by atoms with Gasteiger partial charge in [-0.05, 0) is 25.0 Å². The van der Waals surface area contributed by atoms with E-state index in [0.717, 1.165) is 34.8 Å². The number of hydrogen-bond acceptors (Lipinski definition) is 2. The molecule has 0 spiro atoms. The van der Waals surface area contributed by atoms with E-state index >= 15 is 0 Å². The summed E-state index contributed by atoms with van der Waals surface area (Å²) in [7, 11) is 0. The van der Waals surface area contributed by atoms with Crippen LogP contribution < -0.4 is 0 Å². The summed E-state index contributed by atoms with van der Waals surface area (Å²) in [5.41, 5.74) is 2.02. The molecule has 1 N–H and O–H groups in total. The van der Waals surface area contributed by atoms with Crippen molar-refractivity contribution in [3.8, 4) is 11.4 Å². The van der Waals surface area contributed by atoms with Crippen molar-refractivity contribution in [3.05, 3.63) is 34.6 Å². The number of aromatic nitrogens is 3. The number of rotatable bonds is 3. The zero-order valence-electron chi connectivity index (χ0n) is 9.42. The Morgan fingerprint density at radius 3 is 2.88 bits per heavy atom. The lowest BCUT2D eigenvalue weighted by Gasteiger charge is -1.99. The smallest absolute Gasteiger partial charge is 0.181 e. The van der Waals surface area contributed by atoms with E-state index in [1.807, 2.05) is 25.1 Å². The molecule has 2 aromatic rings. The molecular formula is C12H14ClN3. The summed E-state index contributed by atoms with van der Waals surface area (Å²) < 4.78 is 0. The van der Waals surface area contributed by atoms with E-state index in [4.69, 9.17) is 11.6 Å². The van der Waals surface area contributed by atoms with Crippen molar-refractivity contribution in [1.29, 1.82) is 0 Å². The molecule has 1 aromatic heterocycles. The van der Waals surface area contributed by atoms with Gasteiger partial charge in [-0.2, -0.15) is 5.10 Å². The van der Waals surface area contributed by atoms with Gasteiger partial charge in [0.2, 0.25) is 0 Å². The second-order valence-corrected chi connectivity index (χ2v) is 4.23. The summed E-state index contributed by atoms with van der Waals surface area (Å²) in [6.45, 7) is 4.09. The summed E-state index contributed by atoms with van der Waals surface area (Å²) in [4.78, 5) is 4.42. The number of H-pyrrole nitrogens is 1. The average Bonchev–Trinajstić information content (AvgIpc) is 2.71. The van der Waals surface area contributed by atoms with Gasteiger partial charge in [-0.1, -0.05) is 30.7 Å². The number of aryl methyl sites for hydroxylation is 2. The number of benzene rings is 1. The maximum atomic E-state index is 6.07. The van der Waals surface area contributed by atoms with E-state index < -0.39 is 0 Å². The molecule has 3 nitrogen and oxygen atoms in total. The number of aromatic amines is 1. The van der Waals surface area contributed by atoms with Crippen LogP contribution in [0.4, 0.5) is 0 Å². The molecule has 4 heteroatoms. The molecule has 0 saturated carbocycles. The van der Waals surface area contributed by atoms with Crippen molar-refractivity contribution >= 4 is 11.6 Å². The van der Waals surface area contributed by atoms with Crippen LogP contribution >= 0.6 is 11.6 Å². The summed E-state index contributed by atoms with van der Waals surface area (Å²) in [5, 5.41) is 7.87. The van der Waals surface area contributed by atoms with E-state index in [1.165, 1.54) is 0 Å². The first-order valence-corrected chi connectivity index (χ1v) is 5.76. The molecule has 1 heterocycles. The fourth-order valence-corrected chi connectivity index (χ4v) is 1.69. The van der Waals surface area contributed by atoms with Crippen LogP contribution in [0.5, 0.6) is 0 Å². The van der Waals surface area contributed by atoms with Crippen molar-refractivity contribution in [2.24, 2.45) is 0 Å². The second kappa shape index (κ2) is 4.66. The van der Waals surface area contributed by atoms with Crippen molar-refractivity contribution in [1.82, 2.24) is 15.2 Å². The molecule has 84 valence electrons. The standard InChI is InChI=1S/C12H14ClN3/c1-3-4-11-14-12(16-15-11)9-6-5-8(2)10(13)7-9/h5-7H,3-4H2,1-2H3,(H,14,15,16). The van der Waals surface area contributed by atoms with Crippen LogP contribution in [0.2, 0.25) is 5.02 Å². The Morgan fingerprint density at radius 2 is 2.19 bits per heavy atom. The van der Waals surface area contributed by atoms with E-state index in [2.05, 4.69) is 22.1 Å². The second-order valence-electron chi connectivity index (χ2n) is 3.82. The van der Waals surface area contributed by atoms with Gasteiger partial charge in [0.1, 0.15) is 5.82 Å². The van der Waals surface area contributed by atoms with Gasteiger partial charge < -0.3 is 0 Å². The van der Waals surface area contributed by atoms with Gasteiger partial charge in [-0.25, -0.2) is 4.98 Å². The molecule has 0 fully saturated rings. The highest BCUT2D eigenvalue weighted by Gasteiger charge is 2.06. The molecule has 0 aliphatic carbocycles. The third-order valence-corrected chi connectivity index (χ3v) is 2.86. The van der Waals surface area contributed by atoms with Crippen molar-refractivity contribution in [3.63, 3.8) is 0 Å². The molecule has 0 saturated heterocycles. The lowest BCUT2D eigenvalue weighted by molar-refractivity contribution is 0.841. The van der Waals surface area contributed by atoms with E-state index in [1.54, 1.807) is 0 Å². The third-order valence-electron chi connectivity index (χ3n) is 2.45. The highest BCUT2D eigenvalue weighted by atomic mass is 35.5. The topological polar surface area (TPSA) is 41.6 Å². The van der Waals surface area contributed by atoms with Gasteiger partial charge in [0.15, 0.2) is 5.82 Å². The van der Waals surface area contributed by atoms with Gasteiger partial charge in [-0.3, -0.25) is 5.10 Å². The minimum absolute atomic E-state index is 0.713. The van der Waals surface area contributed by atoms with Crippen molar-refractivity contribution in [2.45, 2.75) is 26.7 Å². The highest BCUT2D eigenvalue weighted by molar-refractivity contribution is 6.31. The SMILES string of the molecule is CCCc1nc(-c2ccc(C)c(Cl)c2)n[nH]1. The molecule has 16 heavy (non-hydrogen) atoms. The van der Waals surface area contributed by atoms with Gasteiger partial charge in [0.05, 0.1) is 0 Å². The minimum Gasteiger partial charge on any atom is -0.263 e. The zero-order chi connectivity index (χ0) is 11.5. The van der Waals surface area contributed by atoms with Crippen LogP contribution in [0.1, 0.15) is 24.7 Å². The number of halogens is 1. The van der Waals surface area contributed by atoms with Gasteiger partial charge >= 0.3 is 0 Å². The molecule has 0 bridgehead atoms. The monoisotopic (exact) mass is 235 g/mol. The van der Waals surface area contributed by atoms with E-state index in [0.29, 0.717) is 5.82 Å². The molecular weight excluding hydrogens is 222 g/mol. The van der Waals surface area contributed by atoms with Gasteiger partial charge in [0, 0.05) is 17.0 Å². The minimum atomic E-state index is 0.713. The summed E-state index contributed by atoms with van der Waals surface area (Å²) in [5.74, 6) is 1.64. The van der Waals surface area contributed by atoms with Crippen LogP contribution in [0.15, 0.2) is 18.2 Å². The predicted octanol–water partition coefficient (Wildman–Crippen LogP) is 3.39. The van der Waals surface area contributed by atoms with Crippen LogP contribution in [0.3, 0.4) is 0 Å². The maximum Gasteiger partial charge on any atom is 0.181 e. The quantitative estimate of drug-likeness (QED) is 0.886. The van der Waals surface area contributed by atoms with Crippen molar-refractivity contribution < 1.29 is 0 Å². The first-order chi connectivity index (χ1) is 7.70. The number of nitrogens with one attached hydrogen (secondary N) is 1. The van der Waals surface area contributed by atoms with E-state index in [-0.39, 0.29) is 0 Å². The van der Waals surface area contributed by atoms with Crippen LogP contribution in [-0.2, 0) is 6.42 Å². The number of nitrogens with zero attached hydrogens (tertiary/aromatic N) is 2. The molecule has 2 rings (SSSR count). The molecule has 1 aromatic carbocycles. The van der Waals surface area contributed by atoms with Crippen LogP contribution in [0, 0.1) is 6.92 Å². The first-order valence-electron chi connectivity index (χ1n) is 5.38. The van der Waals surface area contributed by atoms with Crippen LogP contribution in [0.25, 0.3) is 11.4 Å². The Bertz CT molecular complexity index is 491. The molecule has 0 aliphatic heterocycles.